The Morgan fingerprint density at radius 1 is 1.00 bits per heavy atom. The van der Waals surface area contributed by atoms with Crippen LogP contribution in [0.15, 0.2) is 24.3 Å². The molecule has 0 N–H and O–H groups in total. The lowest BCUT2D eigenvalue weighted by atomic mass is 9.96. The maximum Gasteiger partial charge on any atom is 0.411 e. The normalized spacial score (nSPS) is 21.8. The first-order chi connectivity index (χ1) is 10.4. The molecule has 22 heavy (non-hydrogen) atoms. The van der Waals surface area contributed by atoms with E-state index < -0.39 is 5.60 Å². The number of nitrogens with zero attached hydrogens (tertiary/aromatic N) is 1. The first-order valence-corrected chi connectivity index (χ1v) is 7.31. The second kappa shape index (κ2) is 4.93. The zero-order chi connectivity index (χ0) is 16.1. The summed E-state index contributed by atoms with van der Waals surface area (Å²) in [5.41, 5.74) is 1.62. The fourth-order valence-electron chi connectivity index (χ4n) is 3.04. The van der Waals surface area contributed by atoms with Gasteiger partial charge in [0.15, 0.2) is 11.5 Å². The SMILES string of the molecule is COc1cc2c(cc1OC)[C@@H]1C=C[C@H]2N1C(=O)OC(C)(C)C. The molecule has 2 bridgehead atoms. The molecular formula is C17H21NO4. The van der Waals surface area contributed by atoms with E-state index in [-0.39, 0.29) is 18.2 Å². The summed E-state index contributed by atoms with van der Waals surface area (Å²) in [6.45, 7) is 5.61. The fraction of sp³-hybridized carbons (Fsp3) is 0.471. The van der Waals surface area contributed by atoms with Crippen LogP contribution in [0.5, 0.6) is 11.5 Å². The van der Waals surface area contributed by atoms with Crippen molar-refractivity contribution in [2.24, 2.45) is 0 Å². The monoisotopic (exact) mass is 303 g/mol. The molecule has 0 aliphatic carbocycles. The molecule has 1 aromatic rings. The van der Waals surface area contributed by atoms with Crippen molar-refractivity contribution in [3.8, 4) is 11.5 Å². The van der Waals surface area contributed by atoms with Crippen molar-refractivity contribution in [1.82, 2.24) is 4.90 Å². The van der Waals surface area contributed by atoms with Crippen molar-refractivity contribution in [3.63, 3.8) is 0 Å². The van der Waals surface area contributed by atoms with Crippen LogP contribution >= 0.6 is 0 Å². The van der Waals surface area contributed by atoms with Crippen LogP contribution in [0, 0.1) is 0 Å². The highest BCUT2D eigenvalue weighted by Crippen LogP contribution is 2.51. The number of carbonyl (C=O) groups excluding carboxylic acids is 1. The van der Waals surface area contributed by atoms with Gasteiger partial charge in [0.25, 0.3) is 0 Å². The minimum atomic E-state index is -0.513. The Labute approximate surface area is 130 Å². The Balaban J connectivity index is 1.96. The molecule has 2 aliphatic rings. The van der Waals surface area contributed by atoms with Crippen molar-refractivity contribution < 1.29 is 19.0 Å². The van der Waals surface area contributed by atoms with Crippen LogP contribution in [0.25, 0.3) is 0 Å². The van der Waals surface area contributed by atoms with Crippen LogP contribution in [-0.4, -0.2) is 30.8 Å². The molecule has 2 heterocycles. The topological polar surface area (TPSA) is 48.0 Å². The van der Waals surface area contributed by atoms with Crippen LogP contribution in [0.4, 0.5) is 4.79 Å². The molecule has 0 saturated carbocycles. The highest BCUT2D eigenvalue weighted by atomic mass is 16.6. The van der Waals surface area contributed by atoms with E-state index in [4.69, 9.17) is 14.2 Å². The Hall–Kier alpha value is -2.17. The van der Waals surface area contributed by atoms with Gasteiger partial charge in [0, 0.05) is 0 Å². The van der Waals surface area contributed by atoms with Crippen LogP contribution in [-0.2, 0) is 4.74 Å². The molecule has 0 spiro atoms. The number of carbonyl (C=O) groups is 1. The quantitative estimate of drug-likeness (QED) is 0.783. The van der Waals surface area contributed by atoms with Crippen molar-refractivity contribution in [1.29, 1.82) is 0 Å². The number of benzene rings is 1. The van der Waals surface area contributed by atoms with Crippen molar-refractivity contribution in [2.75, 3.05) is 14.2 Å². The van der Waals surface area contributed by atoms with Crippen molar-refractivity contribution >= 4 is 6.09 Å². The predicted molar refractivity (Wildman–Crippen MR) is 82.2 cm³/mol. The molecule has 1 amide bonds. The van der Waals surface area contributed by atoms with Crippen LogP contribution in [0.1, 0.15) is 44.0 Å². The van der Waals surface area contributed by atoms with Gasteiger partial charge in [-0.3, -0.25) is 4.90 Å². The molecule has 5 heteroatoms. The predicted octanol–water partition coefficient (Wildman–Crippen LogP) is 3.61. The van der Waals surface area contributed by atoms with E-state index in [1.54, 1.807) is 19.1 Å². The Kier molecular flexibility index (Phi) is 3.31. The van der Waals surface area contributed by atoms with Crippen molar-refractivity contribution in [3.05, 3.63) is 35.4 Å². The first-order valence-electron chi connectivity index (χ1n) is 7.31. The summed E-state index contributed by atoms with van der Waals surface area (Å²) in [6, 6.07) is 3.68. The van der Waals surface area contributed by atoms with E-state index >= 15 is 0 Å². The summed E-state index contributed by atoms with van der Waals surface area (Å²) in [5.74, 6) is 1.35. The van der Waals surface area contributed by atoms with Crippen LogP contribution in [0.2, 0.25) is 0 Å². The van der Waals surface area contributed by atoms with Crippen LogP contribution < -0.4 is 9.47 Å². The summed E-state index contributed by atoms with van der Waals surface area (Å²) in [7, 11) is 3.22. The minimum absolute atomic E-state index is 0.102. The second-order valence-electron chi connectivity index (χ2n) is 6.50. The van der Waals surface area contributed by atoms with Gasteiger partial charge in [-0.15, -0.1) is 0 Å². The van der Waals surface area contributed by atoms with E-state index in [0.29, 0.717) is 11.5 Å². The standard InChI is InChI=1S/C17H21NO4/c1-17(2,3)22-16(19)18-12-6-7-13(18)11-9-15(21-5)14(20-4)8-10(11)12/h6-9,12-13H,1-5H3/t12-,13+. The summed E-state index contributed by atoms with van der Waals surface area (Å²) in [4.78, 5) is 14.3. The maximum absolute atomic E-state index is 12.5. The zero-order valence-electron chi connectivity index (χ0n) is 13.5. The Bertz CT molecular complexity index is 604. The van der Waals surface area contributed by atoms with Gasteiger partial charge in [-0.1, -0.05) is 12.2 Å². The average Bonchev–Trinajstić information content (AvgIpc) is 3.00. The Morgan fingerprint density at radius 2 is 1.45 bits per heavy atom. The third-order valence-corrected chi connectivity index (χ3v) is 3.91. The lowest BCUT2D eigenvalue weighted by Gasteiger charge is -2.27. The molecule has 3 rings (SSSR count). The van der Waals surface area contributed by atoms with Gasteiger partial charge in [0.05, 0.1) is 26.3 Å². The van der Waals surface area contributed by atoms with Crippen LogP contribution in [0.3, 0.4) is 0 Å². The molecule has 1 aromatic carbocycles. The average molecular weight is 303 g/mol. The smallest absolute Gasteiger partial charge is 0.411 e. The number of amides is 1. The third-order valence-electron chi connectivity index (χ3n) is 3.91. The first kappa shape index (κ1) is 14.8. The van der Waals surface area contributed by atoms with E-state index in [1.807, 2.05) is 45.1 Å². The highest BCUT2D eigenvalue weighted by Gasteiger charge is 2.45. The largest absolute Gasteiger partial charge is 0.493 e. The second-order valence-corrected chi connectivity index (χ2v) is 6.50. The van der Waals surface area contributed by atoms with Gasteiger partial charge < -0.3 is 14.2 Å². The number of hydrogen-bond acceptors (Lipinski definition) is 4. The number of rotatable bonds is 2. The molecule has 0 unspecified atom stereocenters. The summed E-state index contributed by atoms with van der Waals surface area (Å²) >= 11 is 0. The minimum Gasteiger partial charge on any atom is -0.493 e. The van der Waals surface area contributed by atoms with E-state index in [9.17, 15) is 4.79 Å². The molecule has 0 aromatic heterocycles. The van der Waals surface area contributed by atoms with Gasteiger partial charge in [-0.2, -0.15) is 0 Å². The summed E-state index contributed by atoms with van der Waals surface area (Å²) in [6.07, 6.45) is 3.76. The van der Waals surface area contributed by atoms with Gasteiger partial charge in [-0.25, -0.2) is 4.79 Å². The molecule has 0 radical (unpaired) electrons. The lowest BCUT2D eigenvalue weighted by Crippen LogP contribution is -2.35. The Morgan fingerprint density at radius 3 is 1.82 bits per heavy atom. The number of ether oxygens (including phenoxy) is 3. The number of hydrogen-bond donors (Lipinski definition) is 0. The maximum atomic E-state index is 12.5. The molecular weight excluding hydrogens is 282 g/mol. The highest BCUT2D eigenvalue weighted by molar-refractivity contribution is 5.74. The molecule has 118 valence electrons. The van der Waals surface area contributed by atoms with Gasteiger partial charge in [0.2, 0.25) is 0 Å². The molecule has 2 atom stereocenters. The molecule has 0 fully saturated rings. The molecule has 5 nitrogen and oxygen atoms in total. The van der Waals surface area contributed by atoms with E-state index in [2.05, 4.69) is 0 Å². The molecule has 0 saturated heterocycles. The van der Waals surface area contributed by atoms with E-state index in [1.165, 1.54) is 0 Å². The summed E-state index contributed by atoms with van der Waals surface area (Å²) < 4.78 is 16.3. The van der Waals surface area contributed by atoms with Gasteiger partial charge in [-0.05, 0) is 44.0 Å². The van der Waals surface area contributed by atoms with Gasteiger partial charge in [0.1, 0.15) is 5.60 Å². The zero-order valence-corrected chi connectivity index (χ0v) is 13.5. The van der Waals surface area contributed by atoms with E-state index in [0.717, 1.165) is 11.1 Å². The number of fused-ring (bicyclic) bond motifs is 5. The van der Waals surface area contributed by atoms with Crippen molar-refractivity contribution in [2.45, 2.75) is 38.5 Å². The number of methoxy groups -OCH3 is 2. The lowest BCUT2D eigenvalue weighted by molar-refractivity contribution is 0.0196. The summed E-state index contributed by atoms with van der Waals surface area (Å²) in [5, 5.41) is 0. The molecule has 2 aliphatic heterocycles. The third kappa shape index (κ3) is 2.21. The van der Waals surface area contributed by atoms with Gasteiger partial charge >= 0.3 is 6.09 Å². The fourth-order valence-corrected chi connectivity index (χ4v) is 3.04.